The van der Waals surface area contributed by atoms with Gasteiger partial charge in [0.15, 0.2) is 16.6 Å². The third-order valence-electron chi connectivity index (χ3n) is 6.30. The molecule has 0 aromatic heterocycles. The van der Waals surface area contributed by atoms with Gasteiger partial charge in [0.2, 0.25) is 0 Å². The summed E-state index contributed by atoms with van der Waals surface area (Å²) in [5.41, 5.74) is 3.42. The number of nitrogens with zero attached hydrogens (tertiary/aromatic N) is 1. The van der Waals surface area contributed by atoms with E-state index in [1.165, 1.54) is 7.11 Å². The van der Waals surface area contributed by atoms with Crippen molar-refractivity contribution in [2.75, 3.05) is 46.9 Å². The summed E-state index contributed by atoms with van der Waals surface area (Å²) in [6, 6.07) is 18.3. The smallest absolute Gasteiger partial charge is 0.337 e. The third-order valence-corrected chi connectivity index (χ3v) is 6.63. The van der Waals surface area contributed by atoms with E-state index in [2.05, 4.69) is 10.2 Å². The van der Waals surface area contributed by atoms with Gasteiger partial charge in [0, 0.05) is 6.54 Å². The van der Waals surface area contributed by atoms with Gasteiger partial charge in [0.05, 0.1) is 45.7 Å². The SMILES string of the molecule is COC(=O)c1ccc(OC[C@H]2c3cc(OC)c(OC)cc3CCN2C(=S)Nc2ccccc2OC)cc1. The summed E-state index contributed by atoms with van der Waals surface area (Å²) in [6.07, 6.45) is 0.772. The van der Waals surface area contributed by atoms with Gasteiger partial charge in [-0.05, 0) is 78.3 Å². The molecular formula is C28H30N2O6S. The van der Waals surface area contributed by atoms with Crippen LogP contribution < -0.4 is 24.3 Å². The van der Waals surface area contributed by atoms with Crippen LogP contribution in [0.2, 0.25) is 0 Å². The molecule has 0 saturated heterocycles. The quantitative estimate of drug-likeness (QED) is 0.329. The van der Waals surface area contributed by atoms with Gasteiger partial charge in [-0.1, -0.05) is 12.1 Å². The number of ether oxygens (including phenoxy) is 5. The molecule has 0 aliphatic carbocycles. The van der Waals surface area contributed by atoms with E-state index in [9.17, 15) is 4.79 Å². The van der Waals surface area contributed by atoms with Crippen LogP contribution in [0.5, 0.6) is 23.0 Å². The van der Waals surface area contributed by atoms with Crippen molar-refractivity contribution in [1.29, 1.82) is 0 Å². The molecule has 0 spiro atoms. The second-order valence-corrected chi connectivity index (χ2v) is 8.71. The van der Waals surface area contributed by atoms with Crippen molar-refractivity contribution in [2.24, 2.45) is 0 Å². The number of benzene rings is 3. The molecule has 4 rings (SSSR count). The zero-order valence-corrected chi connectivity index (χ0v) is 22.1. The molecule has 3 aromatic carbocycles. The monoisotopic (exact) mass is 522 g/mol. The van der Waals surface area contributed by atoms with E-state index in [-0.39, 0.29) is 6.04 Å². The summed E-state index contributed by atoms with van der Waals surface area (Å²) < 4.78 is 27.6. The summed E-state index contributed by atoms with van der Waals surface area (Å²) in [5.74, 6) is 2.25. The second-order valence-electron chi connectivity index (χ2n) is 8.32. The van der Waals surface area contributed by atoms with Crippen molar-refractivity contribution in [1.82, 2.24) is 4.90 Å². The largest absolute Gasteiger partial charge is 0.495 e. The number of methoxy groups -OCH3 is 4. The van der Waals surface area contributed by atoms with Crippen LogP contribution in [0.15, 0.2) is 60.7 Å². The summed E-state index contributed by atoms with van der Waals surface area (Å²) in [7, 11) is 6.23. The molecule has 1 atom stereocenters. The van der Waals surface area contributed by atoms with E-state index in [4.69, 9.17) is 35.9 Å². The van der Waals surface area contributed by atoms with Gasteiger partial charge in [-0.2, -0.15) is 0 Å². The molecule has 37 heavy (non-hydrogen) atoms. The Hall–Kier alpha value is -3.98. The van der Waals surface area contributed by atoms with Crippen molar-refractivity contribution < 1.29 is 28.5 Å². The number of para-hydroxylation sites is 2. The molecular weight excluding hydrogens is 492 g/mol. The normalized spacial score (nSPS) is 14.3. The minimum absolute atomic E-state index is 0.210. The summed E-state index contributed by atoms with van der Waals surface area (Å²) >= 11 is 5.87. The van der Waals surface area contributed by atoms with Gasteiger partial charge < -0.3 is 33.9 Å². The summed E-state index contributed by atoms with van der Waals surface area (Å²) in [6.45, 7) is 0.993. The number of thiocarbonyl (C=S) groups is 1. The highest BCUT2D eigenvalue weighted by Crippen LogP contribution is 2.39. The fourth-order valence-electron chi connectivity index (χ4n) is 4.37. The maximum absolute atomic E-state index is 11.8. The lowest BCUT2D eigenvalue weighted by Crippen LogP contribution is -2.44. The van der Waals surface area contributed by atoms with Crippen molar-refractivity contribution in [3.8, 4) is 23.0 Å². The predicted octanol–water partition coefficient (Wildman–Crippen LogP) is 4.87. The molecule has 194 valence electrons. The maximum Gasteiger partial charge on any atom is 0.337 e. The molecule has 0 bridgehead atoms. The topological polar surface area (TPSA) is 78.5 Å². The molecule has 1 aliphatic rings. The first-order chi connectivity index (χ1) is 18.0. The average Bonchev–Trinajstić information content (AvgIpc) is 2.94. The average molecular weight is 523 g/mol. The van der Waals surface area contributed by atoms with Crippen molar-refractivity contribution in [2.45, 2.75) is 12.5 Å². The Balaban J connectivity index is 1.63. The van der Waals surface area contributed by atoms with Gasteiger partial charge in [-0.15, -0.1) is 0 Å². The summed E-state index contributed by atoms with van der Waals surface area (Å²) in [5, 5.41) is 3.89. The van der Waals surface area contributed by atoms with E-state index in [0.29, 0.717) is 46.8 Å². The second kappa shape index (κ2) is 11.8. The van der Waals surface area contributed by atoms with E-state index >= 15 is 0 Å². The molecule has 0 amide bonds. The van der Waals surface area contributed by atoms with Crippen LogP contribution >= 0.6 is 12.2 Å². The first-order valence-electron chi connectivity index (χ1n) is 11.8. The minimum Gasteiger partial charge on any atom is -0.495 e. The highest BCUT2D eigenvalue weighted by Gasteiger charge is 2.32. The molecule has 1 N–H and O–H groups in total. The number of esters is 1. The van der Waals surface area contributed by atoms with E-state index < -0.39 is 5.97 Å². The first-order valence-corrected chi connectivity index (χ1v) is 12.2. The van der Waals surface area contributed by atoms with E-state index in [0.717, 1.165) is 23.2 Å². The lowest BCUT2D eigenvalue weighted by molar-refractivity contribution is 0.0600. The first kappa shape index (κ1) is 26.1. The number of hydrogen-bond acceptors (Lipinski definition) is 7. The molecule has 1 aliphatic heterocycles. The lowest BCUT2D eigenvalue weighted by atomic mass is 9.92. The van der Waals surface area contributed by atoms with Crippen molar-refractivity contribution in [3.63, 3.8) is 0 Å². The zero-order valence-electron chi connectivity index (χ0n) is 21.3. The number of rotatable bonds is 8. The van der Waals surface area contributed by atoms with Crippen molar-refractivity contribution >= 4 is 29.0 Å². The standard InChI is InChI=1S/C28H30N2O6S/c1-32-24-8-6-5-7-22(24)29-28(37)30-14-13-19-15-25(33-2)26(34-3)16-21(19)23(30)17-36-20-11-9-18(10-12-20)27(31)35-4/h5-12,15-16,23H,13-14,17H2,1-4H3,(H,29,37)/t23-/m0/s1. The molecule has 3 aromatic rings. The van der Waals surface area contributed by atoms with Crippen LogP contribution in [-0.2, 0) is 11.2 Å². The van der Waals surface area contributed by atoms with Crippen LogP contribution in [-0.4, -0.2) is 57.6 Å². The van der Waals surface area contributed by atoms with Gasteiger partial charge in [0.25, 0.3) is 0 Å². The van der Waals surface area contributed by atoms with Crippen LogP contribution in [0.3, 0.4) is 0 Å². The Bertz CT molecular complexity index is 1260. The molecule has 1 heterocycles. The van der Waals surface area contributed by atoms with Crippen LogP contribution in [0.4, 0.5) is 5.69 Å². The number of anilines is 1. The van der Waals surface area contributed by atoms with Crippen molar-refractivity contribution in [3.05, 3.63) is 77.4 Å². The highest BCUT2D eigenvalue weighted by molar-refractivity contribution is 7.80. The minimum atomic E-state index is -0.396. The molecule has 0 saturated carbocycles. The zero-order chi connectivity index (χ0) is 26.4. The highest BCUT2D eigenvalue weighted by atomic mass is 32.1. The number of carbonyl (C=O) groups excluding carboxylic acids is 1. The summed E-state index contributed by atoms with van der Waals surface area (Å²) in [4.78, 5) is 13.9. The number of carbonyl (C=O) groups is 1. The van der Waals surface area contributed by atoms with Crippen LogP contribution in [0, 0.1) is 0 Å². The number of hydrogen-bond donors (Lipinski definition) is 1. The number of fused-ring (bicyclic) bond motifs is 1. The van der Waals surface area contributed by atoms with Gasteiger partial charge in [-0.3, -0.25) is 0 Å². The Kier molecular flexibility index (Phi) is 8.35. The molecule has 0 radical (unpaired) electrons. The van der Waals surface area contributed by atoms with Gasteiger partial charge in [0.1, 0.15) is 18.1 Å². The molecule has 0 fully saturated rings. The Labute approximate surface area is 222 Å². The predicted molar refractivity (Wildman–Crippen MR) is 145 cm³/mol. The molecule has 9 heteroatoms. The maximum atomic E-state index is 11.8. The van der Waals surface area contributed by atoms with Gasteiger partial charge in [-0.25, -0.2) is 4.79 Å². The molecule has 8 nitrogen and oxygen atoms in total. The Morgan fingerprint density at radius 2 is 1.62 bits per heavy atom. The Morgan fingerprint density at radius 3 is 2.30 bits per heavy atom. The van der Waals surface area contributed by atoms with Crippen LogP contribution in [0.1, 0.15) is 27.5 Å². The van der Waals surface area contributed by atoms with E-state index in [1.54, 1.807) is 45.6 Å². The van der Waals surface area contributed by atoms with Crippen LogP contribution in [0.25, 0.3) is 0 Å². The Morgan fingerprint density at radius 1 is 0.946 bits per heavy atom. The lowest BCUT2D eigenvalue weighted by Gasteiger charge is -2.39. The third kappa shape index (κ3) is 5.72. The fraction of sp³-hybridized carbons (Fsp3) is 0.286. The van der Waals surface area contributed by atoms with E-state index in [1.807, 2.05) is 36.4 Å². The fourth-order valence-corrected chi connectivity index (χ4v) is 4.69. The van der Waals surface area contributed by atoms with Gasteiger partial charge >= 0.3 is 5.97 Å². The molecule has 0 unspecified atom stereocenters. The number of nitrogens with one attached hydrogen (secondary N) is 1.